The van der Waals surface area contributed by atoms with E-state index in [1.807, 2.05) is 61.5 Å². The van der Waals surface area contributed by atoms with E-state index in [0.29, 0.717) is 26.3 Å². The fourth-order valence-electron chi connectivity index (χ4n) is 2.16. The maximum absolute atomic E-state index is 11.7. The Bertz CT molecular complexity index is 600. The van der Waals surface area contributed by atoms with E-state index in [2.05, 4.69) is 10.6 Å². The molecule has 2 N–H and O–H groups in total. The lowest BCUT2D eigenvalue weighted by atomic mass is 10.1. The minimum atomic E-state index is -0.179. The Kier molecular flexibility index (Phi) is 7.47. The van der Waals surface area contributed by atoms with Crippen LogP contribution in [-0.4, -0.2) is 32.3 Å². The van der Waals surface area contributed by atoms with Gasteiger partial charge in [0.2, 0.25) is 0 Å². The lowest BCUT2D eigenvalue weighted by Gasteiger charge is -2.10. The molecule has 128 valence electrons. The average molecular weight is 328 g/mol. The van der Waals surface area contributed by atoms with Crippen LogP contribution in [0.4, 0.5) is 4.79 Å². The predicted molar refractivity (Wildman–Crippen MR) is 94.7 cm³/mol. The van der Waals surface area contributed by atoms with Crippen molar-refractivity contribution in [1.29, 1.82) is 0 Å². The number of ether oxygens (including phenoxy) is 2. The topological polar surface area (TPSA) is 59.6 Å². The molecule has 0 aliphatic heterocycles. The van der Waals surface area contributed by atoms with E-state index >= 15 is 0 Å². The highest BCUT2D eigenvalue weighted by Crippen LogP contribution is 2.17. The third-order valence-electron chi connectivity index (χ3n) is 3.33. The first-order valence-electron chi connectivity index (χ1n) is 8.19. The molecular weight excluding hydrogens is 304 g/mol. The summed E-state index contributed by atoms with van der Waals surface area (Å²) in [5, 5.41) is 5.60. The molecule has 5 nitrogen and oxygen atoms in total. The first-order valence-corrected chi connectivity index (χ1v) is 8.19. The standard InChI is InChI=1S/C19H24N2O3/c1-2-23-17-8-10-18(11-9-17)24-15-14-21-19(22)20-13-12-16-6-4-3-5-7-16/h3-11H,2,12-15H2,1H3,(H2,20,21,22). The maximum atomic E-state index is 11.7. The smallest absolute Gasteiger partial charge is 0.314 e. The largest absolute Gasteiger partial charge is 0.494 e. The summed E-state index contributed by atoms with van der Waals surface area (Å²) in [7, 11) is 0. The van der Waals surface area contributed by atoms with Gasteiger partial charge in [0.05, 0.1) is 13.2 Å². The van der Waals surface area contributed by atoms with Gasteiger partial charge in [-0.3, -0.25) is 0 Å². The highest BCUT2D eigenvalue weighted by molar-refractivity contribution is 5.73. The third kappa shape index (κ3) is 6.60. The number of hydrogen-bond acceptors (Lipinski definition) is 3. The molecule has 0 unspecified atom stereocenters. The molecule has 0 saturated heterocycles. The normalized spacial score (nSPS) is 10.0. The van der Waals surface area contributed by atoms with Crippen LogP contribution in [-0.2, 0) is 6.42 Å². The third-order valence-corrected chi connectivity index (χ3v) is 3.33. The van der Waals surface area contributed by atoms with E-state index in [1.165, 1.54) is 5.56 Å². The second-order valence-corrected chi connectivity index (χ2v) is 5.17. The number of carbonyl (C=O) groups excluding carboxylic acids is 1. The van der Waals surface area contributed by atoms with Gasteiger partial charge in [0.25, 0.3) is 0 Å². The number of carbonyl (C=O) groups is 1. The van der Waals surface area contributed by atoms with Gasteiger partial charge in [-0.1, -0.05) is 30.3 Å². The van der Waals surface area contributed by atoms with Gasteiger partial charge in [-0.25, -0.2) is 4.79 Å². The first kappa shape index (κ1) is 17.7. The van der Waals surface area contributed by atoms with E-state index in [9.17, 15) is 4.79 Å². The van der Waals surface area contributed by atoms with Crippen LogP contribution in [0.1, 0.15) is 12.5 Å². The molecule has 0 saturated carbocycles. The molecule has 2 aromatic rings. The van der Waals surface area contributed by atoms with Crippen molar-refractivity contribution in [1.82, 2.24) is 10.6 Å². The van der Waals surface area contributed by atoms with E-state index in [0.717, 1.165) is 17.9 Å². The zero-order valence-corrected chi connectivity index (χ0v) is 14.0. The van der Waals surface area contributed by atoms with Crippen LogP contribution in [0.25, 0.3) is 0 Å². The number of hydrogen-bond donors (Lipinski definition) is 2. The van der Waals surface area contributed by atoms with E-state index in [-0.39, 0.29) is 6.03 Å². The van der Waals surface area contributed by atoms with Crippen molar-refractivity contribution in [3.8, 4) is 11.5 Å². The van der Waals surface area contributed by atoms with Crippen molar-refractivity contribution >= 4 is 6.03 Å². The minimum Gasteiger partial charge on any atom is -0.494 e. The van der Waals surface area contributed by atoms with Crippen LogP contribution >= 0.6 is 0 Å². The molecule has 0 radical (unpaired) electrons. The lowest BCUT2D eigenvalue weighted by Crippen LogP contribution is -2.38. The van der Waals surface area contributed by atoms with Crippen LogP contribution in [0.2, 0.25) is 0 Å². The Balaban J connectivity index is 1.55. The molecule has 0 atom stereocenters. The molecule has 0 aromatic heterocycles. The molecule has 24 heavy (non-hydrogen) atoms. The van der Waals surface area contributed by atoms with Gasteiger partial charge in [0, 0.05) is 6.54 Å². The van der Waals surface area contributed by atoms with Crippen LogP contribution in [0.15, 0.2) is 54.6 Å². The molecule has 0 heterocycles. The summed E-state index contributed by atoms with van der Waals surface area (Å²) >= 11 is 0. The number of urea groups is 1. The molecule has 2 aromatic carbocycles. The molecule has 0 bridgehead atoms. The number of amides is 2. The number of rotatable bonds is 9. The van der Waals surface area contributed by atoms with Crippen molar-refractivity contribution in [2.24, 2.45) is 0 Å². The quantitative estimate of drug-likeness (QED) is 0.696. The highest BCUT2D eigenvalue weighted by atomic mass is 16.5. The van der Waals surface area contributed by atoms with Gasteiger partial charge >= 0.3 is 6.03 Å². The first-order chi connectivity index (χ1) is 11.8. The highest BCUT2D eigenvalue weighted by Gasteiger charge is 2.00. The molecule has 0 aliphatic carbocycles. The van der Waals surface area contributed by atoms with Crippen molar-refractivity contribution < 1.29 is 14.3 Å². The summed E-state index contributed by atoms with van der Waals surface area (Å²) in [5.74, 6) is 1.57. The maximum Gasteiger partial charge on any atom is 0.314 e. The fraction of sp³-hybridized carbons (Fsp3) is 0.316. The Morgan fingerprint density at radius 2 is 1.50 bits per heavy atom. The van der Waals surface area contributed by atoms with Gasteiger partial charge < -0.3 is 20.1 Å². The molecule has 2 amide bonds. The predicted octanol–water partition coefficient (Wildman–Crippen LogP) is 3.01. The monoisotopic (exact) mass is 328 g/mol. The average Bonchev–Trinajstić information content (AvgIpc) is 2.61. The summed E-state index contributed by atoms with van der Waals surface area (Å²) in [6.07, 6.45) is 0.816. The van der Waals surface area contributed by atoms with Gasteiger partial charge in [0.15, 0.2) is 0 Å². The minimum absolute atomic E-state index is 0.179. The van der Waals surface area contributed by atoms with Crippen LogP contribution in [0.5, 0.6) is 11.5 Å². The molecule has 2 rings (SSSR count). The Morgan fingerprint density at radius 3 is 2.17 bits per heavy atom. The van der Waals surface area contributed by atoms with Crippen molar-refractivity contribution in [2.45, 2.75) is 13.3 Å². The van der Waals surface area contributed by atoms with Crippen LogP contribution in [0, 0.1) is 0 Å². The van der Waals surface area contributed by atoms with Crippen molar-refractivity contribution in [3.05, 3.63) is 60.2 Å². The zero-order valence-electron chi connectivity index (χ0n) is 14.0. The zero-order chi connectivity index (χ0) is 17.0. The van der Waals surface area contributed by atoms with Gasteiger partial charge in [0.1, 0.15) is 18.1 Å². The molecule has 0 fully saturated rings. The summed E-state index contributed by atoms with van der Waals surface area (Å²) < 4.78 is 10.9. The number of nitrogens with one attached hydrogen (secondary N) is 2. The Hall–Kier alpha value is -2.69. The molecule has 0 aliphatic rings. The number of benzene rings is 2. The summed E-state index contributed by atoms with van der Waals surface area (Å²) in [6, 6.07) is 17.3. The Morgan fingerprint density at radius 1 is 0.875 bits per heavy atom. The Labute approximate surface area is 143 Å². The van der Waals surface area contributed by atoms with Gasteiger partial charge in [-0.15, -0.1) is 0 Å². The molecule has 0 spiro atoms. The molecular formula is C19H24N2O3. The van der Waals surface area contributed by atoms with Gasteiger partial charge in [-0.2, -0.15) is 0 Å². The summed E-state index contributed by atoms with van der Waals surface area (Å²) in [5.41, 5.74) is 1.21. The fourth-order valence-corrected chi connectivity index (χ4v) is 2.16. The summed E-state index contributed by atoms with van der Waals surface area (Å²) in [4.78, 5) is 11.7. The van der Waals surface area contributed by atoms with Crippen molar-refractivity contribution in [2.75, 3.05) is 26.3 Å². The van der Waals surface area contributed by atoms with E-state index in [1.54, 1.807) is 0 Å². The molecule has 5 heteroatoms. The van der Waals surface area contributed by atoms with Crippen LogP contribution < -0.4 is 20.1 Å². The van der Waals surface area contributed by atoms with Crippen LogP contribution in [0.3, 0.4) is 0 Å². The van der Waals surface area contributed by atoms with E-state index < -0.39 is 0 Å². The summed E-state index contributed by atoms with van der Waals surface area (Å²) in [6.45, 7) is 4.06. The van der Waals surface area contributed by atoms with Gasteiger partial charge in [-0.05, 0) is 43.2 Å². The second-order valence-electron chi connectivity index (χ2n) is 5.17. The second kappa shape index (κ2) is 10.2. The van der Waals surface area contributed by atoms with Crippen molar-refractivity contribution in [3.63, 3.8) is 0 Å². The SMILES string of the molecule is CCOc1ccc(OCCNC(=O)NCCc2ccccc2)cc1. The van der Waals surface area contributed by atoms with E-state index in [4.69, 9.17) is 9.47 Å². The lowest BCUT2D eigenvalue weighted by molar-refractivity contribution is 0.236.